The molecule has 0 radical (unpaired) electrons. The van der Waals surface area contributed by atoms with E-state index >= 15 is 0 Å². The average Bonchev–Trinajstić information content (AvgIpc) is 2.88. The van der Waals surface area contributed by atoms with Crippen LogP contribution in [-0.4, -0.2) is 26.3 Å². The molecule has 0 saturated carbocycles. The van der Waals surface area contributed by atoms with Crippen LogP contribution in [0.15, 0.2) is 96.4 Å². The van der Waals surface area contributed by atoms with E-state index in [0.717, 1.165) is 38.9 Å². The summed E-state index contributed by atoms with van der Waals surface area (Å²) in [4.78, 5) is 13.2. The van der Waals surface area contributed by atoms with Crippen LogP contribution < -0.4 is 9.46 Å². The molecule has 0 saturated heterocycles. The monoisotopic (exact) mass is 466 g/mol. The summed E-state index contributed by atoms with van der Waals surface area (Å²) >= 11 is 0. The molecule has 0 aliphatic rings. The largest absolute Gasteiger partial charge is 0.496 e. The summed E-state index contributed by atoms with van der Waals surface area (Å²) in [5.74, 6) is 1.25. The third kappa shape index (κ3) is 4.38. The Morgan fingerprint density at radius 1 is 0.853 bits per heavy atom. The van der Waals surface area contributed by atoms with Gasteiger partial charge in [0.05, 0.1) is 17.7 Å². The van der Waals surface area contributed by atoms with E-state index < -0.39 is 11.0 Å². The van der Waals surface area contributed by atoms with Crippen molar-refractivity contribution in [2.24, 2.45) is 0 Å². The summed E-state index contributed by atoms with van der Waals surface area (Å²) in [5, 5.41) is 1.89. The number of nitrogens with one attached hydrogen (secondary N) is 1. The van der Waals surface area contributed by atoms with Crippen LogP contribution in [0.2, 0.25) is 0 Å². The highest BCUT2D eigenvalue weighted by Crippen LogP contribution is 2.37. The Bertz CT molecular complexity index is 1490. The Hall–Kier alpha value is -4.10. The summed E-state index contributed by atoms with van der Waals surface area (Å²) in [7, 11) is 0.211. The predicted molar refractivity (Wildman–Crippen MR) is 136 cm³/mol. The third-order valence-corrected chi connectivity index (χ3v) is 6.65. The molecule has 3 aromatic carbocycles. The van der Waals surface area contributed by atoms with E-state index in [1.165, 1.54) is 11.9 Å². The van der Waals surface area contributed by atoms with Crippen molar-refractivity contribution in [1.82, 2.24) is 15.0 Å². The zero-order valence-corrected chi connectivity index (χ0v) is 19.5. The number of ether oxygens (including phenoxy) is 1. The van der Waals surface area contributed by atoms with Crippen molar-refractivity contribution >= 4 is 27.6 Å². The first-order chi connectivity index (χ1) is 16.6. The molecule has 2 aromatic heterocycles. The van der Waals surface area contributed by atoms with Gasteiger partial charge in [-0.3, -0.25) is 9.71 Å². The zero-order valence-electron chi connectivity index (χ0n) is 18.7. The van der Waals surface area contributed by atoms with Crippen molar-refractivity contribution in [3.05, 3.63) is 97.1 Å². The highest BCUT2D eigenvalue weighted by atomic mass is 32.2. The number of hydrogen-bond donors (Lipinski definition) is 1. The fourth-order valence-electron chi connectivity index (χ4n) is 3.80. The summed E-state index contributed by atoms with van der Waals surface area (Å²) in [6, 6.07) is 23.8. The molecule has 0 spiro atoms. The number of nitrogens with zero attached hydrogens (tertiary/aromatic N) is 3. The third-order valence-electron chi connectivity index (χ3n) is 5.57. The second-order valence-corrected chi connectivity index (χ2v) is 9.00. The quantitative estimate of drug-likeness (QED) is 0.342. The standard InChI is InChI=1S/C27H22N4O2S/c1-18-3-5-19(6-4-18)20-7-9-24(25(16-20)33-2)27-23-10-8-22(15-21(23)11-14-29-27)34(32)31-26-12-13-28-17-30-26/h3-17H,1-2H3,(H,28,30,31). The number of benzene rings is 3. The summed E-state index contributed by atoms with van der Waals surface area (Å²) in [6.07, 6.45) is 4.77. The van der Waals surface area contributed by atoms with Crippen LogP contribution in [0.3, 0.4) is 0 Å². The number of anilines is 1. The van der Waals surface area contributed by atoms with Gasteiger partial charge < -0.3 is 4.74 Å². The first-order valence-electron chi connectivity index (χ1n) is 10.7. The maximum Gasteiger partial charge on any atom is 0.151 e. The molecule has 7 heteroatoms. The Labute approximate surface area is 200 Å². The van der Waals surface area contributed by atoms with Crippen molar-refractivity contribution < 1.29 is 8.95 Å². The number of rotatable bonds is 6. The van der Waals surface area contributed by atoms with Gasteiger partial charge in [0.2, 0.25) is 0 Å². The van der Waals surface area contributed by atoms with Gasteiger partial charge in [0.15, 0.2) is 11.0 Å². The molecule has 2 heterocycles. The van der Waals surface area contributed by atoms with E-state index in [4.69, 9.17) is 4.74 Å². The number of pyridine rings is 1. The first-order valence-corrected chi connectivity index (χ1v) is 11.9. The maximum atomic E-state index is 12.8. The summed E-state index contributed by atoms with van der Waals surface area (Å²) < 4.78 is 21.5. The van der Waals surface area contributed by atoms with Crippen LogP contribution in [0.25, 0.3) is 33.2 Å². The second-order valence-electron chi connectivity index (χ2n) is 7.79. The van der Waals surface area contributed by atoms with Gasteiger partial charge in [0, 0.05) is 23.3 Å². The van der Waals surface area contributed by atoms with Crippen LogP contribution >= 0.6 is 0 Å². The highest BCUT2D eigenvalue weighted by molar-refractivity contribution is 7.86. The van der Waals surface area contributed by atoms with Gasteiger partial charge in [-0.05, 0) is 59.8 Å². The molecule has 1 unspecified atom stereocenters. The number of aryl methyl sites for hydroxylation is 1. The van der Waals surface area contributed by atoms with Crippen molar-refractivity contribution in [2.45, 2.75) is 11.8 Å². The van der Waals surface area contributed by atoms with Gasteiger partial charge in [0.1, 0.15) is 17.9 Å². The van der Waals surface area contributed by atoms with Crippen molar-refractivity contribution in [3.63, 3.8) is 0 Å². The lowest BCUT2D eigenvalue weighted by atomic mass is 9.98. The smallest absolute Gasteiger partial charge is 0.151 e. The second kappa shape index (κ2) is 9.41. The minimum absolute atomic E-state index is 0.502. The van der Waals surface area contributed by atoms with E-state index in [0.29, 0.717) is 10.7 Å². The van der Waals surface area contributed by atoms with E-state index in [1.54, 1.807) is 25.6 Å². The first kappa shape index (κ1) is 21.7. The summed E-state index contributed by atoms with van der Waals surface area (Å²) in [5.41, 5.74) is 5.14. The molecular formula is C27H22N4O2S. The Morgan fingerprint density at radius 2 is 1.68 bits per heavy atom. The van der Waals surface area contributed by atoms with E-state index in [2.05, 4.69) is 56.9 Å². The molecule has 0 aliphatic heterocycles. The lowest BCUT2D eigenvalue weighted by molar-refractivity contribution is 0.416. The normalized spacial score (nSPS) is 11.8. The van der Waals surface area contributed by atoms with E-state index in [1.807, 2.05) is 36.4 Å². The van der Waals surface area contributed by atoms with Gasteiger partial charge in [-0.2, -0.15) is 0 Å². The van der Waals surface area contributed by atoms with Crippen LogP contribution in [0, 0.1) is 6.92 Å². The summed E-state index contributed by atoms with van der Waals surface area (Å²) in [6.45, 7) is 2.08. The molecule has 5 aromatic rings. The van der Waals surface area contributed by atoms with Gasteiger partial charge in [-0.15, -0.1) is 0 Å². The van der Waals surface area contributed by atoms with Crippen molar-refractivity contribution in [1.29, 1.82) is 0 Å². The van der Waals surface area contributed by atoms with Gasteiger partial charge >= 0.3 is 0 Å². The molecule has 168 valence electrons. The topological polar surface area (TPSA) is 77.0 Å². The fourth-order valence-corrected chi connectivity index (χ4v) is 4.66. The lowest BCUT2D eigenvalue weighted by Gasteiger charge is -2.13. The Balaban J connectivity index is 1.51. The molecule has 1 N–H and O–H groups in total. The van der Waals surface area contributed by atoms with E-state index in [9.17, 15) is 4.21 Å². The maximum absolute atomic E-state index is 12.8. The number of methoxy groups -OCH3 is 1. The Kier molecular flexibility index (Phi) is 6.01. The van der Waals surface area contributed by atoms with E-state index in [-0.39, 0.29) is 0 Å². The van der Waals surface area contributed by atoms with Crippen LogP contribution in [-0.2, 0) is 11.0 Å². The van der Waals surface area contributed by atoms with Gasteiger partial charge in [0.25, 0.3) is 0 Å². The van der Waals surface area contributed by atoms with Crippen LogP contribution in [0.5, 0.6) is 5.75 Å². The molecule has 34 heavy (non-hydrogen) atoms. The number of fused-ring (bicyclic) bond motifs is 1. The molecule has 6 nitrogen and oxygen atoms in total. The fraction of sp³-hybridized carbons (Fsp3) is 0.0741. The molecule has 0 fully saturated rings. The lowest BCUT2D eigenvalue weighted by Crippen LogP contribution is -2.06. The SMILES string of the molecule is COc1cc(-c2ccc(C)cc2)ccc1-c1nccc2cc(S(=O)Nc3ccncn3)ccc12. The molecule has 0 aliphatic carbocycles. The number of hydrogen-bond acceptors (Lipinski definition) is 5. The van der Waals surface area contributed by atoms with Crippen molar-refractivity contribution in [3.8, 4) is 28.1 Å². The number of aromatic nitrogens is 3. The molecule has 5 rings (SSSR count). The van der Waals surface area contributed by atoms with Crippen LogP contribution in [0.1, 0.15) is 5.56 Å². The average molecular weight is 467 g/mol. The minimum Gasteiger partial charge on any atom is -0.496 e. The Morgan fingerprint density at radius 3 is 2.44 bits per heavy atom. The van der Waals surface area contributed by atoms with Crippen molar-refractivity contribution in [2.75, 3.05) is 11.8 Å². The molecule has 1 atom stereocenters. The van der Waals surface area contributed by atoms with Gasteiger partial charge in [-0.1, -0.05) is 42.0 Å². The molecule has 0 bridgehead atoms. The zero-order chi connectivity index (χ0) is 23.5. The van der Waals surface area contributed by atoms with Gasteiger partial charge in [-0.25, -0.2) is 14.2 Å². The van der Waals surface area contributed by atoms with Crippen LogP contribution in [0.4, 0.5) is 5.82 Å². The highest BCUT2D eigenvalue weighted by Gasteiger charge is 2.14. The predicted octanol–water partition coefficient (Wildman–Crippen LogP) is 5.81. The molecule has 0 amide bonds. The minimum atomic E-state index is -1.46. The molecular weight excluding hydrogens is 444 g/mol.